The third kappa shape index (κ3) is 4.06. The lowest BCUT2D eigenvalue weighted by Gasteiger charge is -2.17. The van der Waals surface area contributed by atoms with Crippen molar-refractivity contribution in [2.45, 2.75) is 53.0 Å². The molecule has 8 nitrogen and oxygen atoms in total. The van der Waals surface area contributed by atoms with E-state index in [0.717, 1.165) is 17.0 Å². The van der Waals surface area contributed by atoms with Crippen LogP contribution >= 0.6 is 0 Å². The highest BCUT2D eigenvalue weighted by atomic mass is 16.4. The number of carboxylic acid groups (broad SMARTS) is 1. The number of fused-ring (bicyclic) bond motifs is 1. The number of carbonyl (C=O) groups is 2. The molecular weight excluding hydrogens is 310 g/mol. The van der Waals surface area contributed by atoms with Crippen LogP contribution < -0.4 is 5.32 Å². The molecule has 8 heteroatoms. The summed E-state index contributed by atoms with van der Waals surface area (Å²) in [6.45, 7) is 7.62. The Morgan fingerprint density at radius 2 is 2.04 bits per heavy atom. The summed E-state index contributed by atoms with van der Waals surface area (Å²) in [6, 6.07) is -0.851. The summed E-state index contributed by atoms with van der Waals surface area (Å²) in [6.07, 6.45) is 2.52. The number of nitrogens with zero attached hydrogens (tertiary/aromatic N) is 4. The average molecular weight is 333 g/mol. The summed E-state index contributed by atoms with van der Waals surface area (Å²) >= 11 is 0. The Morgan fingerprint density at radius 1 is 1.33 bits per heavy atom. The fourth-order valence-electron chi connectivity index (χ4n) is 2.72. The summed E-state index contributed by atoms with van der Waals surface area (Å²) in [4.78, 5) is 31.8. The van der Waals surface area contributed by atoms with Gasteiger partial charge in [0.05, 0.1) is 0 Å². The standard InChI is InChI=1S/C16H23N5O3/c1-9(2)7-13(15(23)24)20-14(22)6-5-12-10(3)19-16-17-8-18-21(16)11(12)4/h8-9,13H,5-7H2,1-4H3,(H,20,22)(H,23,24)/t13-/m1/s1. The van der Waals surface area contributed by atoms with Gasteiger partial charge in [-0.25, -0.2) is 14.3 Å². The lowest BCUT2D eigenvalue weighted by molar-refractivity contribution is -0.142. The summed E-state index contributed by atoms with van der Waals surface area (Å²) < 4.78 is 1.64. The number of amides is 1. The average Bonchev–Trinajstić information content (AvgIpc) is 2.94. The molecule has 0 aliphatic carbocycles. The highest BCUT2D eigenvalue weighted by Crippen LogP contribution is 2.15. The van der Waals surface area contributed by atoms with E-state index in [4.69, 9.17) is 0 Å². The number of aliphatic carboxylic acids is 1. The van der Waals surface area contributed by atoms with Crippen molar-refractivity contribution in [3.05, 3.63) is 23.3 Å². The normalized spacial score (nSPS) is 12.5. The van der Waals surface area contributed by atoms with Crippen molar-refractivity contribution in [1.29, 1.82) is 0 Å². The monoisotopic (exact) mass is 333 g/mol. The predicted octanol–water partition coefficient (Wildman–Crippen LogP) is 1.29. The Morgan fingerprint density at radius 3 is 2.67 bits per heavy atom. The first-order valence-electron chi connectivity index (χ1n) is 7.97. The molecule has 2 aromatic heterocycles. The quantitative estimate of drug-likeness (QED) is 0.790. The molecule has 130 valence electrons. The largest absolute Gasteiger partial charge is 0.480 e. The number of rotatable bonds is 7. The van der Waals surface area contributed by atoms with Crippen molar-refractivity contribution in [3.8, 4) is 0 Å². The molecule has 2 heterocycles. The van der Waals surface area contributed by atoms with Gasteiger partial charge in [0.2, 0.25) is 5.91 Å². The van der Waals surface area contributed by atoms with Gasteiger partial charge in [-0.1, -0.05) is 13.8 Å². The van der Waals surface area contributed by atoms with Gasteiger partial charge in [0.25, 0.3) is 5.78 Å². The Kier molecular flexibility index (Phi) is 5.48. The molecule has 0 saturated carbocycles. The highest BCUT2D eigenvalue weighted by Gasteiger charge is 2.21. The molecule has 0 bridgehead atoms. The number of carbonyl (C=O) groups excluding carboxylic acids is 1. The number of hydrogen-bond acceptors (Lipinski definition) is 5. The first-order chi connectivity index (χ1) is 11.3. The van der Waals surface area contributed by atoms with E-state index in [1.807, 2.05) is 27.7 Å². The number of nitrogens with one attached hydrogen (secondary N) is 1. The number of hydrogen-bond donors (Lipinski definition) is 2. The van der Waals surface area contributed by atoms with Crippen molar-refractivity contribution in [3.63, 3.8) is 0 Å². The molecule has 0 saturated heterocycles. The second-order valence-electron chi connectivity index (χ2n) is 6.32. The topological polar surface area (TPSA) is 109 Å². The van der Waals surface area contributed by atoms with Crippen LogP contribution in [0.5, 0.6) is 0 Å². The highest BCUT2D eigenvalue weighted by molar-refractivity contribution is 5.83. The van der Waals surface area contributed by atoms with Gasteiger partial charge < -0.3 is 10.4 Å². The van der Waals surface area contributed by atoms with E-state index in [9.17, 15) is 14.7 Å². The third-order valence-corrected chi connectivity index (χ3v) is 3.93. The van der Waals surface area contributed by atoms with Crippen LogP contribution in [0.25, 0.3) is 5.78 Å². The number of aryl methyl sites for hydroxylation is 2. The SMILES string of the molecule is Cc1nc2ncnn2c(C)c1CCC(=O)N[C@H](CC(C)C)C(=O)O. The van der Waals surface area contributed by atoms with E-state index >= 15 is 0 Å². The van der Waals surface area contributed by atoms with E-state index in [-0.39, 0.29) is 18.2 Å². The molecule has 2 N–H and O–H groups in total. The predicted molar refractivity (Wildman–Crippen MR) is 87.6 cm³/mol. The van der Waals surface area contributed by atoms with Crippen molar-refractivity contribution < 1.29 is 14.7 Å². The molecule has 1 atom stereocenters. The van der Waals surface area contributed by atoms with Crippen molar-refractivity contribution in [1.82, 2.24) is 24.9 Å². The van der Waals surface area contributed by atoms with Crippen LogP contribution in [0.15, 0.2) is 6.33 Å². The summed E-state index contributed by atoms with van der Waals surface area (Å²) in [5.74, 6) is -0.563. The van der Waals surface area contributed by atoms with Crippen LogP contribution in [0.1, 0.15) is 43.6 Å². The second-order valence-corrected chi connectivity index (χ2v) is 6.32. The van der Waals surface area contributed by atoms with Crippen LogP contribution in [-0.2, 0) is 16.0 Å². The zero-order chi connectivity index (χ0) is 17.9. The van der Waals surface area contributed by atoms with Crippen LogP contribution in [-0.4, -0.2) is 42.6 Å². The minimum absolute atomic E-state index is 0.190. The molecule has 0 aliphatic rings. The van der Waals surface area contributed by atoms with E-state index < -0.39 is 12.0 Å². The van der Waals surface area contributed by atoms with E-state index in [2.05, 4.69) is 20.4 Å². The maximum atomic E-state index is 12.1. The van der Waals surface area contributed by atoms with Gasteiger partial charge in [0, 0.05) is 17.8 Å². The van der Waals surface area contributed by atoms with Crippen LogP contribution in [0.3, 0.4) is 0 Å². The van der Waals surface area contributed by atoms with Gasteiger partial charge in [-0.15, -0.1) is 0 Å². The fourth-order valence-corrected chi connectivity index (χ4v) is 2.72. The molecular formula is C16H23N5O3. The molecule has 0 spiro atoms. The molecule has 0 fully saturated rings. The van der Waals surface area contributed by atoms with Crippen molar-refractivity contribution in [2.75, 3.05) is 0 Å². The van der Waals surface area contributed by atoms with Gasteiger partial charge in [-0.2, -0.15) is 10.1 Å². The Hall–Kier alpha value is -2.51. The summed E-state index contributed by atoms with van der Waals surface area (Å²) in [5, 5.41) is 15.9. The number of carboxylic acids is 1. The molecule has 2 rings (SSSR count). The molecule has 0 unspecified atom stereocenters. The van der Waals surface area contributed by atoms with Gasteiger partial charge >= 0.3 is 5.97 Å². The van der Waals surface area contributed by atoms with E-state index in [1.165, 1.54) is 6.33 Å². The first-order valence-corrected chi connectivity index (χ1v) is 7.97. The van der Waals surface area contributed by atoms with Gasteiger partial charge in [-0.3, -0.25) is 4.79 Å². The molecule has 1 amide bonds. The zero-order valence-electron chi connectivity index (χ0n) is 14.4. The zero-order valence-corrected chi connectivity index (χ0v) is 14.4. The van der Waals surface area contributed by atoms with Crippen molar-refractivity contribution >= 4 is 17.7 Å². The molecule has 0 radical (unpaired) electrons. The Balaban J connectivity index is 2.05. The number of aromatic nitrogens is 4. The summed E-state index contributed by atoms with van der Waals surface area (Å²) in [7, 11) is 0. The maximum Gasteiger partial charge on any atom is 0.326 e. The van der Waals surface area contributed by atoms with E-state index in [1.54, 1.807) is 4.52 Å². The lowest BCUT2D eigenvalue weighted by Crippen LogP contribution is -2.41. The molecule has 24 heavy (non-hydrogen) atoms. The van der Waals surface area contributed by atoms with Crippen LogP contribution in [0, 0.1) is 19.8 Å². The maximum absolute atomic E-state index is 12.1. The Bertz CT molecular complexity index is 753. The molecule has 2 aromatic rings. The minimum Gasteiger partial charge on any atom is -0.480 e. The van der Waals surface area contributed by atoms with Crippen molar-refractivity contribution in [2.24, 2.45) is 5.92 Å². The fraction of sp³-hybridized carbons (Fsp3) is 0.562. The Labute approximate surface area is 140 Å². The lowest BCUT2D eigenvalue weighted by atomic mass is 10.0. The first kappa shape index (κ1) is 17.8. The third-order valence-electron chi connectivity index (χ3n) is 3.93. The smallest absolute Gasteiger partial charge is 0.326 e. The van der Waals surface area contributed by atoms with Crippen LogP contribution in [0.4, 0.5) is 0 Å². The van der Waals surface area contributed by atoms with Gasteiger partial charge in [0.15, 0.2) is 0 Å². The molecule has 0 aromatic carbocycles. The van der Waals surface area contributed by atoms with Gasteiger partial charge in [-0.05, 0) is 38.2 Å². The van der Waals surface area contributed by atoms with Gasteiger partial charge in [0.1, 0.15) is 12.4 Å². The second kappa shape index (κ2) is 7.37. The van der Waals surface area contributed by atoms with Crippen LogP contribution in [0.2, 0.25) is 0 Å². The minimum atomic E-state index is -1.00. The summed E-state index contributed by atoms with van der Waals surface area (Å²) in [5.41, 5.74) is 2.62. The van der Waals surface area contributed by atoms with E-state index in [0.29, 0.717) is 18.6 Å². The molecule has 0 aliphatic heterocycles.